The Morgan fingerprint density at radius 1 is 0.676 bits per heavy atom. The van der Waals surface area contributed by atoms with Gasteiger partial charge in [0, 0.05) is 35.4 Å². The molecule has 3 rings (SSSR count). The van der Waals surface area contributed by atoms with Crippen LogP contribution in [0.4, 0.5) is 0 Å². The molecule has 6 heteroatoms. The first kappa shape index (κ1) is 26.4. The summed E-state index contributed by atoms with van der Waals surface area (Å²) in [7, 11) is 0. The largest absolute Gasteiger partial charge is 0.269 e. The molecule has 0 spiro atoms. The van der Waals surface area contributed by atoms with Crippen LogP contribution in [0.3, 0.4) is 0 Å². The Balaban J connectivity index is 1.61. The van der Waals surface area contributed by atoms with E-state index in [9.17, 15) is 19.2 Å². The zero-order chi connectivity index (χ0) is 25.0. The lowest BCUT2D eigenvalue weighted by Crippen LogP contribution is -2.49. The molecular formula is C28H42N2O4. The van der Waals surface area contributed by atoms with E-state index in [-0.39, 0.29) is 29.0 Å². The van der Waals surface area contributed by atoms with Crippen LogP contribution in [0.1, 0.15) is 111 Å². The van der Waals surface area contributed by atoms with Gasteiger partial charge in [-0.05, 0) is 70.6 Å². The van der Waals surface area contributed by atoms with E-state index in [0.29, 0.717) is 0 Å². The van der Waals surface area contributed by atoms with Gasteiger partial charge in [-0.25, -0.2) is 0 Å². The van der Waals surface area contributed by atoms with E-state index in [1.807, 2.05) is 13.8 Å². The maximum atomic E-state index is 12.3. The van der Waals surface area contributed by atoms with Crippen molar-refractivity contribution in [3.8, 4) is 0 Å². The zero-order valence-corrected chi connectivity index (χ0v) is 21.5. The van der Waals surface area contributed by atoms with Crippen LogP contribution in [0, 0.1) is 5.41 Å². The van der Waals surface area contributed by atoms with Crippen LogP contribution in [0.25, 0.3) is 0 Å². The predicted octanol–water partition coefficient (Wildman–Crippen LogP) is 5.46. The number of carbonyl (C=O) groups excluding carboxylic acids is 4. The van der Waals surface area contributed by atoms with E-state index in [1.165, 1.54) is 66.2 Å². The smallest absolute Gasteiger partial charge is 0.254 e. The minimum Gasteiger partial charge on any atom is -0.269 e. The fourth-order valence-electron chi connectivity index (χ4n) is 6.37. The van der Waals surface area contributed by atoms with Gasteiger partial charge in [0.1, 0.15) is 0 Å². The summed E-state index contributed by atoms with van der Waals surface area (Å²) in [4.78, 5) is 52.1. The monoisotopic (exact) mass is 470 g/mol. The van der Waals surface area contributed by atoms with Crippen LogP contribution < -0.4 is 0 Å². The van der Waals surface area contributed by atoms with Crippen LogP contribution in [0.15, 0.2) is 24.3 Å². The van der Waals surface area contributed by atoms with Gasteiger partial charge in [-0.3, -0.25) is 29.0 Å². The number of nitrogens with zero attached hydrogens (tertiary/aromatic N) is 2. The van der Waals surface area contributed by atoms with Crippen molar-refractivity contribution in [2.45, 2.75) is 122 Å². The summed E-state index contributed by atoms with van der Waals surface area (Å²) in [6, 6.07) is 0. The molecular weight excluding hydrogens is 428 g/mol. The molecule has 2 heterocycles. The molecule has 0 saturated heterocycles. The lowest BCUT2D eigenvalue weighted by Gasteiger charge is -2.42. The van der Waals surface area contributed by atoms with Gasteiger partial charge in [0.15, 0.2) is 0 Å². The first-order chi connectivity index (χ1) is 16.1. The molecule has 1 saturated carbocycles. The molecule has 2 aliphatic heterocycles. The quantitative estimate of drug-likeness (QED) is 0.355. The highest BCUT2D eigenvalue weighted by molar-refractivity contribution is 6.14. The SMILES string of the molecule is CCC(C)(CCCC1(CCCC(C)(CC)N2C(=O)C=CC2=O)CCCCC1)N1C(=O)C=CC1=O. The molecule has 1 fully saturated rings. The van der Waals surface area contributed by atoms with E-state index in [4.69, 9.17) is 0 Å². The lowest BCUT2D eigenvalue weighted by molar-refractivity contribution is -0.145. The van der Waals surface area contributed by atoms with Crippen LogP contribution in [-0.2, 0) is 19.2 Å². The highest BCUT2D eigenvalue weighted by Gasteiger charge is 2.42. The highest BCUT2D eigenvalue weighted by atomic mass is 16.2. The van der Waals surface area contributed by atoms with Gasteiger partial charge < -0.3 is 0 Å². The van der Waals surface area contributed by atoms with E-state index in [2.05, 4.69) is 13.8 Å². The van der Waals surface area contributed by atoms with Gasteiger partial charge in [-0.2, -0.15) is 0 Å². The Morgan fingerprint density at radius 3 is 1.35 bits per heavy atom. The van der Waals surface area contributed by atoms with Gasteiger partial charge in [-0.15, -0.1) is 0 Å². The second-order valence-corrected chi connectivity index (χ2v) is 11.2. The van der Waals surface area contributed by atoms with Gasteiger partial charge >= 0.3 is 0 Å². The summed E-state index contributed by atoms with van der Waals surface area (Å²) < 4.78 is 0. The minimum atomic E-state index is -0.447. The number of rotatable bonds is 12. The van der Waals surface area contributed by atoms with Crippen LogP contribution in [0.5, 0.6) is 0 Å². The fraction of sp³-hybridized carbons (Fsp3) is 0.714. The van der Waals surface area contributed by atoms with Crippen molar-refractivity contribution >= 4 is 23.6 Å². The molecule has 0 aromatic carbocycles. The van der Waals surface area contributed by atoms with Gasteiger partial charge in [0.2, 0.25) is 0 Å². The summed E-state index contributed by atoms with van der Waals surface area (Å²) in [5, 5.41) is 0. The molecule has 4 amide bonds. The van der Waals surface area contributed by atoms with Gasteiger partial charge in [0.25, 0.3) is 23.6 Å². The van der Waals surface area contributed by atoms with Crippen LogP contribution in [0.2, 0.25) is 0 Å². The first-order valence-electron chi connectivity index (χ1n) is 13.2. The summed E-state index contributed by atoms with van der Waals surface area (Å²) in [5.74, 6) is -0.774. The Hall–Kier alpha value is -2.24. The first-order valence-corrected chi connectivity index (χ1v) is 13.2. The third-order valence-electron chi connectivity index (χ3n) is 8.98. The molecule has 0 radical (unpaired) electrons. The molecule has 0 aromatic rings. The van der Waals surface area contributed by atoms with Crippen molar-refractivity contribution in [3.05, 3.63) is 24.3 Å². The third-order valence-corrected chi connectivity index (χ3v) is 8.98. The second-order valence-electron chi connectivity index (χ2n) is 11.2. The molecule has 0 aromatic heterocycles. The Labute approximate surface area is 204 Å². The van der Waals surface area contributed by atoms with Crippen molar-refractivity contribution in [2.75, 3.05) is 0 Å². The molecule has 0 bridgehead atoms. The average molecular weight is 471 g/mol. The van der Waals surface area contributed by atoms with Crippen molar-refractivity contribution in [3.63, 3.8) is 0 Å². The van der Waals surface area contributed by atoms with Gasteiger partial charge in [0.05, 0.1) is 0 Å². The molecule has 6 nitrogen and oxygen atoms in total. The number of hydrogen-bond donors (Lipinski definition) is 0. The fourth-order valence-corrected chi connectivity index (χ4v) is 6.37. The van der Waals surface area contributed by atoms with E-state index in [1.54, 1.807) is 0 Å². The maximum Gasteiger partial charge on any atom is 0.254 e. The molecule has 188 valence electrons. The molecule has 1 aliphatic carbocycles. The van der Waals surface area contributed by atoms with E-state index >= 15 is 0 Å². The van der Waals surface area contributed by atoms with Crippen molar-refractivity contribution < 1.29 is 19.2 Å². The van der Waals surface area contributed by atoms with E-state index in [0.717, 1.165) is 51.4 Å². The summed E-state index contributed by atoms with van der Waals surface area (Å²) >= 11 is 0. The molecule has 34 heavy (non-hydrogen) atoms. The Kier molecular flexibility index (Phi) is 8.20. The minimum absolute atomic E-state index is 0.193. The van der Waals surface area contributed by atoms with Crippen LogP contribution in [-0.4, -0.2) is 44.5 Å². The average Bonchev–Trinajstić information content (AvgIpc) is 3.34. The maximum absolute atomic E-state index is 12.3. The van der Waals surface area contributed by atoms with E-state index < -0.39 is 11.1 Å². The van der Waals surface area contributed by atoms with Crippen LogP contribution >= 0.6 is 0 Å². The van der Waals surface area contributed by atoms with Gasteiger partial charge in [-0.1, -0.05) is 46.0 Å². The Bertz CT molecular complexity index is 770. The zero-order valence-electron chi connectivity index (χ0n) is 21.5. The summed E-state index contributed by atoms with van der Waals surface area (Å²) in [6.07, 6.45) is 19.0. The topological polar surface area (TPSA) is 74.8 Å². The predicted molar refractivity (Wildman–Crippen MR) is 133 cm³/mol. The number of amides is 4. The molecule has 2 atom stereocenters. The molecule has 2 unspecified atom stereocenters. The van der Waals surface area contributed by atoms with Crippen molar-refractivity contribution in [1.29, 1.82) is 0 Å². The third kappa shape index (κ3) is 5.36. The lowest BCUT2D eigenvalue weighted by atomic mass is 9.67. The number of imide groups is 2. The highest BCUT2D eigenvalue weighted by Crippen LogP contribution is 2.46. The summed E-state index contributed by atoms with van der Waals surface area (Å²) in [6.45, 7) is 8.18. The number of hydrogen-bond acceptors (Lipinski definition) is 4. The molecule has 0 N–H and O–H groups in total. The normalized spacial score (nSPS) is 23.6. The number of carbonyl (C=O) groups is 4. The van der Waals surface area contributed by atoms with Crippen molar-refractivity contribution in [1.82, 2.24) is 9.80 Å². The second kappa shape index (κ2) is 10.6. The summed E-state index contributed by atoms with van der Waals surface area (Å²) in [5.41, 5.74) is -0.619. The molecule has 3 aliphatic rings. The Morgan fingerprint density at radius 2 is 1.03 bits per heavy atom. The standard InChI is InChI=1S/C28H42N2O4/c1-5-26(3,29-22(31)12-13-23(29)32)16-10-20-28(18-8-7-9-19-28)21-11-17-27(4,6-2)30-24(33)14-15-25(30)34/h12-15H,5-11,16-21H2,1-4H3. The van der Waals surface area contributed by atoms with Crippen molar-refractivity contribution in [2.24, 2.45) is 5.41 Å².